The maximum absolute atomic E-state index is 9.06. The third-order valence-electron chi connectivity index (χ3n) is 5.58. The molecule has 0 radical (unpaired) electrons. The van der Waals surface area contributed by atoms with Crippen LogP contribution in [0.5, 0.6) is 17.2 Å². The van der Waals surface area contributed by atoms with Crippen molar-refractivity contribution >= 4 is 16.7 Å². The molecule has 0 saturated heterocycles. The van der Waals surface area contributed by atoms with Gasteiger partial charge in [-0.05, 0) is 48.7 Å². The van der Waals surface area contributed by atoms with Crippen LogP contribution in [0.25, 0.3) is 33.4 Å². The number of fused-ring (bicyclic) bond motifs is 1. The first kappa shape index (κ1) is 22.4. The Bertz CT molecular complexity index is 1240. The molecular formula is C25H28N4O4. The molecule has 0 amide bonds. The van der Waals surface area contributed by atoms with Crippen molar-refractivity contribution in [2.24, 2.45) is 0 Å². The van der Waals surface area contributed by atoms with Crippen LogP contribution in [0.15, 0.2) is 42.6 Å². The third-order valence-corrected chi connectivity index (χ3v) is 5.58. The first-order valence-electron chi connectivity index (χ1n) is 10.7. The van der Waals surface area contributed by atoms with Gasteiger partial charge in [0.2, 0.25) is 5.75 Å². The van der Waals surface area contributed by atoms with Crippen molar-refractivity contribution in [1.29, 1.82) is 0 Å². The molecule has 0 bridgehead atoms. The van der Waals surface area contributed by atoms with Crippen LogP contribution >= 0.6 is 0 Å². The quantitative estimate of drug-likeness (QED) is 0.326. The second-order valence-corrected chi connectivity index (χ2v) is 7.64. The van der Waals surface area contributed by atoms with Crippen molar-refractivity contribution in [3.8, 4) is 39.6 Å². The number of ether oxygens (including phenoxy) is 3. The van der Waals surface area contributed by atoms with Crippen LogP contribution in [0, 0.1) is 6.92 Å². The van der Waals surface area contributed by atoms with E-state index in [4.69, 9.17) is 19.3 Å². The van der Waals surface area contributed by atoms with Gasteiger partial charge in [0.15, 0.2) is 17.1 Å². The molecule has 0 fully saturated rings. The number of rotatable bonds is 9. The molecule has 0 aliphatic rings. The number of aromatic amines is 1. The molecule has 3 N–H and O–H groups in total. The molecule has 33 heavy (non-hydrogen) atoms. The van der Waals surface area contributed by atoms with Crippen LogP contribution in [0.3, 0.4) is 0 Å². The molecule has 0 spiro atoms. The smallest absolute Gasteiger partial charge is 0.203 e. The number of H-pyrrole nitrogens is 1. The average Bonchev–Trinajstić information content (AvgIpc) is 3.27. The highest BCUT2D eigenvalue weighted by Gasteiger charge is 2.17. The van der Waals surface area contributed by atoms with Gasteiger partial charge >= 0.3 is 0 Å². The number of aryl methyl sites for hydroxylation is 1. The minimum absolute atomic E-state index is 0.163. The predicted molar refractivity (Wildman–Crippen MR) is 129 cm³/mol. The van der Waals surface area contributed by atoms with Gasteiger partial charge in [-0.15, -0.1) is 0 Å². The normalized spacial score (nSPS) is 10.9. The Morgan fingerprint density at radius 3 is 2.36 bits per heavy atom. The van der Waals surface area contributed by atoms with E-state index < -0.39 is 0 Å². The molecular weight excluding hydrogens is 420 g/mol. The van der Waals surface area contributed by atoms with Crippen LogP contribution in [-0.4, -0.2) is 54.8 Å². The van der Waals surface area contributed by atoms with E-state index >= 15 is 0 Å². The lowest BCUT2D eigenvalue weighted by atomic mass is 10.0. The van der Waals surface area contributed by atoms with Crippen molar-refractivity contribution < 1.29 is 19.3 Å². The van der Waals surface area contributed by atoms with E-state index in [0.717, 1.165) is 39.0 Å². The summed E-state index contributed by atoms with van der Waals surface area (Å²) in [5.74, 6) is 1.67. The van der Waals surface area contributed by atoms with Crippen LogP contribution < -0.4 is 19.5 Å². The molecule has 4 aromatic rings. The molecule has 4 rings (SSSR count). The molecule has 2 aromatic carbocycles. The first-order valence-corrected chi connectivity index (χ1v) is 10.7. The van der Waals surface area contributed by atoms with Gasteiger partial charge in [0, 0.05) is 41.5 Å². The van der Waals surface area contributed by atoms with Crippen molar-refractivity contribution in [2.75, 3.05) is 39.8 Å². The maximum atomic E-state index is 9.06. The standard InChI is InChI=1S/C25H28N4O4/c1-15-6-7-16(11-20(15)26-8-5-9-30)18-10-19-23(28-29-25(19)27-14-18)17-12-21(31-2)24(33-4)22(13-17)32-3/h6-7,10-14,26,30H,5,8-9H2,1-4H3,(H,27,28,29). The highest BCUT2D eigenvalue weighted by Crippen LogP contribution is 2.42. The van der Waals surface area contributed by atoms with Gasteiger partial charge in [0.25, 0.3) is 0 Å². The second kappa shape index (κ2) is 9.79. The number of hydrogen-bond donors (Lipinski definition) is 3. The summed E-state index contributed by atoms with van der Waals surface area (Å²) < 4.78 is 16.5. The molecule has 0 atom stereocenters. The van der Waals surface area contributed by atoms with Gasteiger partial charge in [0.05, 0.1) is 27.0 Å². The molecule has 2 heterocycles. The fourth-order valence-electron chi connectivity index (χ4n) is 3.80. The topological polar surface area (TPSA) is 102 Å². The van der Waals surface area contributed by atoms with E-state index in [1.54, 1.807) is 21.3 Å². The second-order valence-electron chi connectivity index (χ2n) is 7.64. The molecule has 0 aliphatic heterocycles. The lowest BCUT2D eigenvalue weighted by Gasteiger charge is -2.14. The Labute approximate surface area is 192 Å². The van der Waals surface area contributed by atoms with E-state index in [-0.39, 0.29) is 6.61 Å². The van der Waals surface area contributed by atoms with Gasteiger partial charge in [-0.1, -0.05) is 12.1 Å². The SMILES string of the molecule is COc1cc(-c2[nH]nc3ncc(-c4ccc(C)c(NCCCO)c4)cc23)cc(OC)c1OC. The third kappa shape index (κ3) is 4.42. The Morgan fingerprint density at radius 2 is 1.70 bits per heavy atom. The zero-order valence-electron chi connectivity index (χ0n) is 19.2. The van der Waals surface area contributed by atoms with Crippen LogP contribution in [0.4, 0.5) is 5.69 Å². The van der Waals surface area contributed by atoms with Crippen LogP contribution in [0.1, 0.15) is 12.0 Å². The van der Waals surface area contributed by atoms with Crippen molar-refractivity contribution in [1.82, 2.24) is 15.2 Å². The number of nitrogens with zero attached hydrogens (tertiary/aromatic N) is 2. The fraction of sp³-hybridized carbons (Fsp3) is 0.280. The average molecular weight is 449 g/mol. The van der Waals surface area contributed by atoms with Crippen LogP contribution in [-0.2, 0) is 0 Å². The number of aromatic nitrogens is 3. The van der Waals surface area contributed by atoms with Crippen molar-refractivity contribution in [3.05, 3.63) is 48.2 Å². The van der Waals surface area contributed by atoms with Crippen molar-refractivity contribution in [3.63, 3.8) is 0 Å². The van der Waals surface area contributed by atoms with E-state index in [0.29, 0.717) is 35.9 Å². The molecule has 0 unspecified atom stereocenters. The Morgan fingerprint density at radius 1 is 0.939 bits per heavy atom. The fourth-order valence-corrected chi connectivity index (χ4v) is 3.80. The number of anilines is 1. The minimum Gasteiger partial charge on any atom is -0.493 e. The van der Waals surface area contributed by atoms with Gasteiger partial charge < -0.3 is 24.6 Å². The minimum atomic E-state index is 0.163. The summed E-state index contributed by atoms with van der Waals surface area (Å²) in [6.45, 7) is 2.94. The lowest BCUT2D eigenvalue weighted by Crippen LogP contribution is -2.04. The number of nitrogens with one attached hydrogen (secondary N) is 2. The highest BCUT2D eigenvalue weighted by molar-refractivity contribution is 5.94. The van der Waals surface area contributed by atoms with E-state index in [1.807, 2.05) is 18.3 Å². The summed E-state index contributed by atoms with van der Waals surface area (Å²) in [6, 6.07) is 12.1. The largest absolute Gasteiger partial charge is 0.493 e. The number of aliphatic hydroxyl groups excluding tert-OH is 1. The van der Waals surface area contributed by atoms with Crippen LogP contribution in [0.2, 0.25) is 0 Å². The summed E-state index contributed by atoms with van der Waals surface area (Å²) in [5.41, 5.74) is 6.48. The number of methoxy groups -OCH3 is 3. The van der Waals surface area contributed by atoms with Gasteiger partial charge in [-0.3, -0.25) is 5.10 Å². The van der Waals surface area contributed by atoms with E-state index in [1.165, 1.54) is 0 Å². The summed E-state index contributed by atoms with van der Waals surface area (Å²) >= 11 is 0. The van der Waals surface area contributed by atoms with Gasteiger partial charge in [0.1, 0.15) is 0 Å². The summed E-state index contributed by atoms with van der Waals surface area (Å²) in [5, 5.41) is 20.8. The summed E-state index contributed by atoms with van der Waals surface area (Å²) in [7, 11) is 4.76. The lowest BCUT2D eigenvalue weighted by molar-refractivity contribution is 0.292. The summed E-state index contributed by atoms with van der Waals surface area (Å²) in [4.78, 5) is 4.57. The van der Waals surface area contributed by atoms with E-state index in [9.17, 15) is 0 Å². The number of pyridine rings is 1. The molecule has 172 valence electrons. The highest BCUT2D eigenvalue weighted by atomic mass is 16.5. The summed E-state index contributed by atoms with van der Waals surface area (Å²) in [6.07, 6.45) is 2.52. The zero-order chi connectivity index (χ0) is 23.4. The Hall–Kier alpha value is -3.78. The Balaban J connectivity index is 1.77. The molecule has 0 saturated carbocycles. The Kier molecular flexibility index (Phi) is 6.65. The van der Waals surface area contributed by atoms with Crippen molar-refractivity contribution in [2.45, 2.75) is 13.3 Å². The first-order chi connectivity index (χ1) is 16.1. The molecule has 0 aliphatic carbocycles. The molecule has 8 nitrogen and oxygen atoms in total. The van der Waals surface area contributed by atoms with E-state index in [2.05, 4.69) is 51.7 Å². The van der Waals surface area contributed by atoms with Gasteiger partial charge in [-0.2, -0.15) is 5.10 Å². The molecule has 8 heteroatoms. The van der Waals surface area contributed by atoms with Gasteiger partial charge in [-0.25, -0.2) is 4.98 Å². The number of hydrogen-bond acceptors (Lipinski definition) is 7. The molecule has 2 aromatic heterocycles. The number of benzene rings is 2. The predicted octanol–water partition coefficient (Wildman–Crippen LogP) is 4.42. The monoisotopic (exact) mass is 448 g/mol. The number of aliphatic hydroxyl groups is 1. The maximum Gasteiger partial charge on any atom is 0.203 e. The zero-order valence-corrected chi connectivity index (χ0v) is 19.2.